The fourth-order valence-electron chi connectivity index (χ4n) is 2.14. The van der Waals surface area contributed by atoms with E-state index in [4.69, 9.17) is 9.57 Å². The van der Waals surface area contributed by atoms with Crippen molar-refractivity contribution in [2.45, 2.75) is 39.1 Å². The van der Waals surface area contributed by atoms with Gasteiger partial charge in [-0.25, -0.2) is 0 Å². The standard InChI is InChI=1S/C17H26N2O5/c1-11(2)17(23-4)15(16(22)12(3)20)19-24-10-14(21)18-13-8-6-5-7-9-13/h5-9,11-12,16-17,20,22H,10H2,1-4H3,(H,18,21)/b19-15+/t12-,16+,17+/m1/s1. The number of nitrogens with one attached hydrogen (secondary N) is 1. The summed E-state index contributed by atoms with van der Waals surface area (Å²) < 4.78 is 5.32. The number of amides is 1. The van der Waals surface area contributed by atoms with Crippen LogP contribution < -0.4 is 5.32 Å². The molecule has 24 heavy (non-hydrogen) atoms. The number of carbonyl (C=O) groups excluding carboxylic acids is 1. The van der Waals surface area contributed by atoms with E-state index in [1.165, 1.54) is 14.0 Å². The molecule has 0 aliphatic rings. The summed E-state index contributed by atoms with van der Waals surface area (Å²) >= 11 is 0. The molecule has 0 aliphatic heterocycles. The van der Waals surface area contributed by atoms with Crippen LogP contribution in [-0.2, 0) is 14.4 Å². The molecule has 0 spiro atoms. The molecule has 7 nitrogen and oxygen atoms in total. The minimum absolute atomic E-state index is 0.00361. The molecule has 134 valence electrons. The molecule has 3 N–H and O–H groups in total. The Hall–Kier alpha value is -1.96. The number of aliphatic hydroxyl groups is 2. The number of oxime groups is 1. The van der Waals surface area contributed by atoms with Crippen LogP contribution in [0.4, 0.5) is 5.69 Å². The number of aliphatic hydroxyl groups excluding tert-OH is 2. The van der Waals surface area contributed by atoms with Crippen LogP contribution >= 0.6 is 0 Å². The van der Waals surface area contributed by atoms with Gasteiger partial charge in [0.25, 0.3) is 5.91 Å². The van der Waals surface area contributed by atoms with Gasteiger partial charge in [-0.3, -0.25) is 4.79 Å². The highest BCUT2D eigenvalue weighted by atomic mass is 16.6. The maximum Gasteiger partial charge on any atom is 0.265 e. The Balaban J connectivity index is 2.71. The van der Waals surface area contributed by atoms with Crippen LogP contribution in [0.1, 0.15) is 20.8 Å². The lowest BCUT2D eigenvalue weighted by Gasteiger charge is -2.25. The highest BCUT2D eigenvalue weighted by Crippen LogP contribution is 2.13. The molecule has 3 atom stereocenters. The van der Waals surface area contributed by atoms with Gasteiger partial charge in [0, 0.05) is 12.8 Å². The first kappa shape index (κ1) is 20.1. The van der Waals surface area contributed by atoms with E-state index < -0.39 is 18.3 Å². The predicted molar refractivity (Wildman–Crippen MR) is 91.8 cm³/mol. The lowest BCUT2D eigenvalue weighted by Crippen LogP contribution is -2.42. The van der Waals surface area contributed by atoms with E-state index in [1.807, 2.05) is 19.9 Å². The summed E-state index contributed by atoms with van der Waals surface area (Å²) in [5, 5.41) is 26.2. The van der Waals surface area contributed by atoms with Crippen LogP contribution in [0.25, 0.3) is 0 Å². The van der Waals surface area contributed by atoms with E-state index in [1.54, 1.807) is 24.3 Å². The highest BCUT2D eigenvalue weighted by Gasteiger charge is 2.29. The summed E-state index contributed by atoms with van der Waals surface area (Å²) in [6.45, 7) is 4.90. The molecule has 0 saturated carbocycles. The fourth-order valence-corrected chi connectivity index (χ4v) is 2.14. The van der Waals surface area contributed by atoms with Crippen molar-refractivity contribution in [3.8, 4) is 0 Å². The van der Waals surface area contributed by atoms with E-state index in [-0.39, 0.29) is 24.1 Å². The van der Waals surface area contributed by atoms with Gasteiger partial charge in [0.1, 0.15) is 17.9 Å². The average Bonchev–Trinajstić information content (AvgIpc) is 2.53. The Kier molecular flexibility index (Phi) is 8.39. The maximum absolute atomic E-state index is 11.8. The normalized spacial score (nSPS) is 15.7. The van der Waals surface area contributed by atoms with Crippen LogP contribution in [-0.4, -0.2) is 53.9 Å². The summed E-state index contributed by atoms with van der Waals surface area (Å²) in [7, 11) is 1.48. The first-order chi connectivity index (χ1) is 11.4. The van der Waals surface area contributed by atoms with Crippen molar-refractivity contribution in [1.29, 1.82) is 0 Å². The second-order valence-corrected chi connectivity index (χ2v) is 5.79. The van der Waals surface area contributed by atoms with Crippen LogP contribution in [0, 0.1) is 5.92 Å². The maximum atomic E-state index is 11.8. The number of methoxy groups -OCH3 is 1. The van der Waals surface area contributed by atoms with Crippen LogP contribution in [0.2, 0.25) is 0 Å². The topological polar surface area (TPSA) is 100 Å². The third kappa shape index (κ3) is 6.27. The van der Waals surface area contributed by atoms with Crippen molar-refractivity contribution in [1.82, 2.24) is 0 Å². The predicted octanol–water partition coefficient (Wildman–Crippen LogP) is 1.41. The molecule has 0 fully saturated rings. The lowest BCUT2D eigenvalue weighted by molar-refractivity contribution is -0.120. The van der Waals surface area contributed by atoms with Gasteiger partial charge in [-0.15, -0.1) is 0 Å². The molecule has 1 aromatic carbocycles. The zero-order valence-corrected chi connectivity index (χ0v) is 14.5. The van der Waals surface area contributed by atoms with Crippen molar-refractivity contribution in [3.63, 3.8) is 0 Å². The Morgan fingerprint density at radius 1 is 1.21 bits per heavy atom. The number of hydrogen-bond acceptors (Lipinski definition) is 6. The number of carbonyl (C=O) groups is 1. The molecule has 0 unspecified atom stereocenters. The van der Waals surface area contributed by atoms with Crippen LogP contribution in [0.5, 0.6) is 0 Å². The molecular formula is C17H26N2O5. The largest absolute Gasteiger partial charge is 0.390 e. The monoisotopic (exact) mass is 338 g/mol. The van der Waals surface area contributed by atoms with Gasteiger partial charge in [-0.1, -0.05) is 37.2 Å². The summed E-state index contributed by atoms with van der Waals surface area (Å²) in [6.07, 6.45) is -2.82. The second-order valence-electron chi connectivity index (χ2n) is 5.79. The van der Waals surface area contributed by atoms with Gasteiger partial charge in [0.15, 0.2) is 6.61 Å². The van der Waals surface area contributed by atoms with Crippen molar-refractivity contribution in [3.05, 3.63) is 30.3 Å². The van der Waals surface area contributed by atoms with Crippen molar-refractivity contribution in [2.75, 3.05) is 19.0 Å². The molecule has 7 heteroatoms. The SMILES string of the molecule is CO[C@H](/C(=N/OCC(=O)Nc1ccccc1)[C@@H](O)[C@@H](C)O)C(C)C. The highest BCUT2D eigenvalue weighted by molar-refractivity contribution is 5.93. The first-order valence-corrected chi connectivity index (χ1v) is 7.80. The first-order valence-electron chi connectivity index (χ1n) is 7.80. The van der Waals surface area contributed by atoms with E-state index in [0.717, 1.165) is 0 Å². The molecule has 0 bridgehead atoms. The third-order valence-corrected chi connectivity index (χ3v) is 3.33. The molecule has 0 aliphatic carbocycles. The van der Waals surface area contributed by atoms with Crippen molar-refractivity contribution >= 4 is 17.3 Å². The van der Waals surface area contributed by atoms with Crippen LogP contribution in [0.15, 0.2) is 35.5 Å². The Morgan fingerprint density at radius 2 is 1.83 bits per heavy atom. The molecule has 1 aromatic rings. The van der Waals surface area contributed by atoms with Gasteiger partial charge in [0.2, 0.25) is 0 Å². The van der Waals surface area contributed by atoms with Crippen molar-refractivity contribution in [2.24, 2.45) is 11.1 Å². The molecule has 0 saturated heterocycles. The fraction of sp³-hybridized carbons (Fsp3) is 0.529. The third-order valence-electron chi connectivity index (χ3n) is 3.33. The number of hydrogen-bond donors (Lipinski definition) is 3. The van der Waals surface area contributed by atoms with Gasteiger partial charge in [0.05, 0.1) is 6.10 Å². The molecule has 0 aromatic heterocycles. The zero-order chi connectivity index (χ0) is 18.1. The number of benzene rings is 1. The number of ether oxygens (including phenoxy) is 1. The Bertz CT molecular complexity index is 531. The lowest BCUT2D eigenvalue weighted by atomic mass is 9.96. The molecule has 1 rings (SSSR count). The molecular weight excluding hydrogens is 312 g/mol. The van der Waals surface area contributed by atoms with Gasteiger partial charge in [-0.05, 0) is 25.0 Å². The van der Waals surface area contributed by atoms with Gasteiger partial charge >= 0.3 is 0 Å². The average molecular weight is 338 g/mol. The van der Waals surface area contributed by atoms with Gasteiger partial charge < -0.3 is 25.1 Å². The number of para-hydroxylation sites is 1. The molecule has 1 amide bonds. The summed E-state index contributed by atoms with van der Waals surface area (Å²) in [5.41, 5.74) is 0.797. The van der Waals surface area contributed by atoms with Gasteiger partial charge in [-0.2, -0.15) is 0 Å². The number of rotatable bonds is 9. The van der Waals surface area contributed by atoms with Crippen LogP contribution in [0.3, 0.4) is 0 Å². The summed E-state index contributed by atoms with van der Waals surface area (Å²) in [6, 6.07) is 8.96. The van der Waals surface area contributed by atoms with E-state index in [2.05, 4.69) is 10.5 Å². The van der Waals surface area contributed by atoms with E-state index >= 15 is 0 Å². The smallest absolute Gasteiger partial charge is 0.265 e. The zero-order valence-electron chi connectivity index (χ0n) is 14.5. The molecule has 0 heterocycles. The molecule has 0 radical (unpaired) electrons. The summed E-state index contributed by atoms with van der Waals surface area (Å²) in [5.74, 6) is -0.377. The minimum Gasteiger partial charge on any atom is -0.390 e. The minimum atomic E-state index is -1.24. The number of anilines is 1. The van der Waals surface area contributed by atoms with E-state index in [0.29, 0.717) is 5.69 Å². The summed E-state index contributed by atoms with van der Waals surface area (Å²) in [4.78, 5) is 16.9. The quantitative estimate of drug-likeness (QED) is 0.467. The number of nitrogens with zero attached hydrogens (tertiary/aromatic N) is 1. The van der Waals surface area contributed by atoms with Crippen molar-refractivity contribution < 1.29 is 24.6 Å². The van der Waals surface area contributed by atoms with E-state index in [9.17, 15) is 15.0 Å². The Labute approximate surface area is 142 Å². The Morgan fingerprint density at radius 3 is 2.33 bits per heavy atom. The second kappa shape index (κ2) is 10.0.